The Kier molecular flexibility index (Phi) is 3.74. The minimum absolute atomic E-state index is 0.104. The number of halogens is 4. The van der Waals surface area contributed by atoms with Crippen molar-refractivity contribution in [3.63, 3.8) is 0 Å². The van der Waals surface area contributed by atoms with Crippen molar-refractivity contribution in [1.82, 2.24) is 19.2 Å². The largest absolute Gasteiger partial charge is 0.462 e. The summed E-state index contributed by atoms with van der Waals surface area (Å²) in [6.45, 7) is 1.36. The standard InChI is InChI=1S/C14H10F4N4O2/c1-2-24-13(23)8-7-20-22(11(8)14(16,17)18)12-9(15)3-4-10-19-5-6-21(10)12/h3-7H,2H2,1H3. The average Bonchev–Trinajstić information content (AvgIpc) is 3.12. The summed E-state index contributed by atoms with van der Waals surface area (Å²) < 4.78 is 60.7. The van der Waals surface area contributed by atoms with Gasteiger partial charge in [0.15, 0.2) is 17.3 Å². The molecule has 126 valence electrons. The van der Waals surface area contributed by atoms with Crippen LogP contribution in [0.3, 0.4) is 0 Å². The summed E-state index contributed by atoms with van der Waals surface area (Å²) in [7, 11) is 0. The third-order valence-electron chi connectivity index (χ3n) is 3.22. The van der Waals surface area contributed by atoms with E-state index in [1.165, 1.54) is 25.4 Å². The first-order valence-corrected chi connectivity index (χ1v) is 6.79. The number of fused-ring (bicyclic) bond motifs is 1. The van der Waals surface area contributed by atoms with Crippen LogP contribution in [0.15, 0.2) is 30.7 Å². The Morgan fingerprint density at radius 3 is 2.75 bits per heavy atom. The number of ether oxygens (including phenoxy) is 1. The van der Waals surface area contributed by atoms with E-state index in [0.717, 1.165) is 10.5 Å². The lowest BCUT2D eigenvalue weighted by Gasteiger charge is -2.14. The third-order valence-corrected chi connectivity index (χ3v) is 3.22. The van der Waals surface area contributed by atoms with Crippen molar-refractivity contribution in [3.05, 3.63) is 47.8 Å². The number of imidazole rings is 1. The SMILES string of the molecule is CCOC(=O)c1cnn(-c2c(F)ccc3nccn23)c1C(F)(F)F. The lowest BCUT2D eigenvalue weighted by atomic mass is 10.2. The molecule has 0 bridgehead atoms. The highest BCUT2D eigenvalue weighted by Crippen LogP contribution is 2.34. The molecule has 3 heterocycles. The molecule has 0 aliphatic heterocycles. The van der Waals surface area contributed by atoms with E-state index in [9.17, 15) is 22.4 Å². The fraction of sp³-hybridized carbons (Fsp3) is 0.214. The van der Waals surface area contributed by atoms with E-state index in [-0.39, 0.29) is 12.3 Å². The number of alkyl halides is 3. The second-order valence-electron chi connectivity index (χ2n) is 4.70. The third kappa shape index (κ3) is 2.49. The molecule has 0 unspecified atom stereocenters. The van der Waals surface area contributed by atoms with Crippen molar-refractivity contribution in [2.75, 3.05) is 6.61 Å². The normalized spacial score (nSPS) is 11.9. The van der Waals surface area contributed by atoms with Crippen LogP contribution in [-0.4, -0.2) is 31.7 Å². The molecule has 0 fully saturated rings. The summed E-state index contributed by atoms with van der Waals surface area (Å²) in [6.07, 6.45) is -1.65. The molecule has 10 heteroatoms. The van der Waals surface area contributed by atoms with Gasteiger partial charge in [0, 0.05) is 12.4 Å². The quantitative estimate of drug-likeness (QED) is 0.542. The van der Waals surface area contributed by atoms with E-state index in [4.69, 9.17) is 0 Å². The number of nitrogens with zero attached hydrogens (tertiary/aromatic N) is 4. The highest BCUT2D eigenvalue weighted by molar-refractivity contribution is 5.90. The number of carbonyl (C=O) groups excluding carboxylic acids is 1. The van der Waals surface area contributed by atoms with Crippen LogP contribution in [0.2, 0.25) is 0 Å². The maximum absolute atomic E-state index is 14.2. The van der Waals surface area contributed by atoms with E-state index in [1.54, 1.807) is 0 Å². The fourth-order valence-corrected chi connectivity index (χ4v) is 2.30. The van der Waals surface area contributed by atoms with Gasteiger partial charge in [-0.1, -0.05) is 0 Å². The van der Waals surface area contributed by atoms with Crippen molar-refractivity contribution >= 4 is 11.6 Å². The number of hydrogen-bond donors (Lipinski definition) is 0. The van der Waals surface area contributed by atoms with Crippen molar-refractivity contribution in [2.24, 2.45) is 0 Å². The Labute approximate surface area is 132 Å². The monoisotopic (exact) mass is 342 g/mol. The molecule has 0 atom stereocenters. The van der Waals surface area contributed by atoms with Gasteiger partial charge < -0.3 is 4.74 Å². The molecule has 0 N–H and O–H groups in total. The van der Waals surface area contributed by atoms with E-state index >= 15 is 0 Å². The number of carbonyl (C=O) groups is 1. The molecule has 0 saturated heterocycles. The first-order chi connectivity index (χ1) is 11.3. The molecule has 0 aliphatic carbocycles. The van der Waals surface area contributed by atoms with Gasteiger partial charge in [-0.2, -0.15) is 18.3 Å². The number of rotatable bonds is 3. The van der Waals surface area contributed by atoms with Gasteiger partial charge in [0.1, 0.15) is 11.2 Å². The lowest BCUT2D eigenvalue weighted by Crippen LogP contribution is -2.20. The van der Waals surface area contributed by atoms with Gasteiger partial charge in [-0.3, -0.25) is 4.40 Å². The first kappa shape index (κ1) is 16.0. The predicted molar refractivity (Wildman–Crippen MR) is 73.2 cm³/mol. The molecule has 0 amide bonds. The van der Waals surface area contributed by atoms with Crippen LogP contribution in [0.4, 0.5) is 17.6 Å². The molecule has 0 aliphatic rings. The molecule has 0 aromatic carbocycles. The van der Waals surface area contributed by atoms with Crippen LogP contribution in [0.5, 0.6) is 0 Å². The van der Waals surface area contributed by atoms with Gasteiger partial charge in [-0.05, 0) is 19.1 Å². The molecule has 0 saturated carbocycles. The summed E-state index contributed by atoms with van der Waals surface area (Å²) in [6, 6.07) is 2.28. The van der Waals surface area contributed by atoms with Gasteiger partial charge in [0.25, 0.3) is 0 Å². The van der Waals surface area contributed by atoms with Crippen molar-refractivity contribution < 1.29 is 27.1 Å². The zero-order valence-electron chi connectivity index (χ0n) is 12.2. The van der Waals surface area contributed by atoms with E-state index in [1.807, 2.05) is 0 Å². The molecule has 3 rings (SSSR count). The van der Waals surface area contributed by atoms with Crippen LogP contribution in [-0.2, 0) is 10.9 Å². The Bertz CT molecular complexity index is 913. The minimum atomic E-state index is -4.95. The summed E-state index contributed by atoms with van der Waals surface area (Å²) in [5.41, 5.74) is -1.98. The maximum atomic E-state index is 14.2. The molecular weight excluding hydrogens is 332 g/mol. The fourth-order valence-electron chi connectivity index (χ4n) is 2.30. The Balaban J connectivity index is 2.30. The maximum Gasteiger partial charge on any atom is 0.434 e. The second kappa shape index (κ2) is 5.62. The van der Waals surface area contributed by atoms with E-state index < -0.39 is 35.0 Å². The molecule has 3 aromatic rings. The summed E-state index contributed by atoms with van der Waals surface area (Å²) in [4.78, 5) is 15.7. The van der Waals surface area contributed by atoms with Crippen LogP contribution in [0, 0.1) is 5.82 Å². The van der Waals surface area contributed by atoms with E-state index in [0.29, 0.717) is 10.9 Å². The number of esters is 1. The minimum Gasteiger partial charge on any atom is -0.462 e. The second-order valence-corrected chi connectivity index (χ2v) is 4.70. The smallest absolute Gasteiger partial charge is 0.434 e. The first-order valence-electron chi connectivity index (χ1n) is 6.79. The zero-order valence-corrected chi connectivity index (χ0v) is 12.2. The summed E-state index contributed by atoms with van der Waals surface area (Å²) in [5, 5.41) is 3.55. The summed E-state index contributed by atoms with van der Waals surface area (Å²) in [5.74, 6) is -2.65. The Morgan fingerprint density at radius 1 is 1.33 bits per heavy atom. The average molecular weight is 342 g/mol. The highest BCUT2D eigenvalue weighted by atomic mass is 19.4. The lowest BCUT2D eigenvalue weighted by molar-refractivity contribution is -0.143. The molecule has 0 radical (unpaired) electrons. The molecule has 0 spiro atoms. The van der Waals surface area contributed by atoms with Crippen LogP contribution in [0.1, 0.15) is 23.0 Å². The van der Waals surface area contributed by atoms with Crippen molar-refractivity contribution in [3.8, 4) is 5.82 Å². The van der Waals surface area contributed by atoms with Crippen molar-refractivity contribution in [2.45, 2.75) is 13.1 Å². The Hall–Kier alpha value is -2.91. The van der Waals surface area contributed by atoms with Crippen LogP contribution >= 0.6 is 0 Å². The molecule has 6 nitrogen and oxygen atoms in total. The summed E-state index contributed by atoms with van der Waals surface area (Å²) >= 11 is 0. The van der Waals surface area contributed by atoms with Crippen LogP contribution < -0.4 is 0 Å². The number of pyridine rings is 1. The van der Waals surface area contributed by atoms with Gasteiger partial charge in [-0.15, -0.1) is 0 Å². The van der Waals surface area contributed by atoms with Gasteiger partial charge in [0.05, 0.1) is 12.8 Å². The molecule has 24 heavy (non-hydrogen) atoms. The van der Waals surface area contributed by atoms with Crippen molar-refractivity contribution in [1.29, 1.82) is 0 Å². The molecular formula is C14H10F4N4O2. The van der Waals surface area contributed by atoms with Crippen LogP contribution in [0.25, 0.3) is 11.5 Å². The predicted octanol–water partition coefficient (Wildman–Crippen LogP) is 2.85. The zero-order chi connectivity index (χ0) is 17.5. The van der Waals surface area contributed by atoms with Gasteiger partial charge >= 0.3 is 12.1 Å². The van der Waals surface area contributed by atoms with E-state index in [2.05, 4.69) is 14.8 Å². The topological polar surface area (TPSA) is 61.4 Å². The number of hydrogen-bond acceptors (Lipinski definition) is 4. The van der Waals surface area contributed by atoms with Gasteiger partial charge in [-0.25, -0.2) is 18.9 Å². The van der Waals surface area contributed by atoms with Gasteiger partial charge in [0.2, 0.25) is 0 Å². The Morgan fingerprint density at radius 2 is 2.08 bits per heavy atom. The highest BCUT2D eigenvalue weighted by Gasteiger charge is 2.42. The molecule has 3 aromatic heterocycles. The number of aromatic nitrogens is 4.